The molecule has 0 fully saturated rings. The summed E-state index contributed by atoms with van der Waals surface area (Å²) < 4.78 is 33.1. The third kappa shape index (κ3) is 7.10. The molecule has 6 heteroatoms. The monoisotopic (exact) mass is 245 g/mol. The molecule has 0 N–H and O–H groups in total. The van der Waals surface area contributed by atoms with Gasteiger partial charge in [-0.15, -0.1) is 0 Å². The number of hydrogen-bond acceptors (Lipinski definition) is 4. The minimum absolute atomic E-state index is 0.808. The second-order valence-corrected chi connectivity index (χ2v) is 3.89. The fraction of sp³-hybridized carbons (Fsp3) is 0.300. The summed E-state index contributed by atoms with van der Waals surface area (Å²) in [6, 6.07) is 4.10. The Morgan fingerprint density at radius 1 is 1.50 bits per heavy atom. The summed E-state index contributed by atoms with van der Waals surface area (Å²) in [4.78, 5) is 0. The van der Waals surface area contributed by atoms with Crippen LogP contribution in [0.25, 0.3) is 6.08 Å². The van der Waals surface area contributed by atoms with E-state index in [1.54, 1.807) is 0 Å². The van der Waals surface area contributed by atoms with Crippen LogP contribution in [0.3, 0.4) is 0 Å². The van der Waals surface area contributed by atoms with Crippen molar-refractivity contribution in [2.45, 2.75) is 13.5 Å². The highest BCUT2D eigenvalue weighted by molar-refractivity contribution is 7.80. The molecular weight excluding hydrogens is 230 g/mol. The Balaban J connectivity index is 0.000000325. The van der Waals surface area contributed by atoms with Gasteiger partial charge in [0.25, 0.3) is 0 Å². The van der Waals surface area contributed by atoms with Crippen molar-refractivity contribution in [1.82, 2.24) is 0 Å². The molecule has 0 aliphatic carbocycles. The summed E-state index contributed by atoms with van der Waals surface area (Å²) >= 11 is 0. The largest absolute Gasteiger partial charge is 0.726 e. The van der Waals surface area contributed by atoms with Crippen molar-refractivity contribution in [3.8, 4) is 0 Å². The van der Waals surface area contributed by atoms with Gasteiger partial charge in [0.15, 0.2) is 12.4 Å². The molecule has 16 heavy (non-hydrogen) atoms. The van der Waals surface area contributed by atoms with Crippen LogP contribution in [0.5, 0.6) is 0 Å². The third-order valence-electron chi connectivity index (χ3n) is 1.72. The SMILES string of the molecule is C=Cc1cc[n+](CC)cc1.COS(=O)(=O)[O-]. The van der Waals surface area contributed by atoms with Crippen LogP contribution in [-0.4, -0.2) is 20.1 Å². The zero-order chi connectivity index (χ0) is 12.6. The molecule has 1 rings (SSSR count). The first kappa shape index (κ1) is 14.8. The van der Waals surface area contributed by atoms with Crippen LogP contribution in [0.2, 0.25) is 0 Å². The highest BCUT2D eigenvalue weighted by atomic mass is 32.3. The second-order valence-electron chi connectivity index (χ2n) is 2.74. The standard InChI is InChI=1S/C9H12N.CH4O4S/c1-3-9-5-7-10(4-2)8-6-9;1-5-6(2,3)4/h3,5-8H,1,4H2,2H3;1H3,(H,2,3,4)/q+1;/p-1. The molecule has 0 aromatic carbocycles. The lowest BCUT2D eigenvalue weighted by molar-refractivity contribution is -0.693. The number of aromatic nitrogens is 1. The molecule has 0 radical (unpaired) electrons. The van der Waals surface area contributed by atoms with E-state index in [4.69, 9.17) is 0 Å². The van der Waals surface area contributed by atoms with E-state index in [0.29, 0.717) is 0 Å². The number of hydrogen-bond donors (Lipinski definition) is 0. The quantitative estimate of drug-likeness (QED) is 0.447. The van der Waals surface area contributed by atoms with Crippen molar-refractivity contribution in [1.29, 1.82) is 0 Å². The van der Waals surface area contributed by atoms with Crippen molar-refractivity contribution in [3.63, 3.8) is 0 Å². The maximum atomic E-state index is 9.22. The van der Waals surface area contributed by atoms with Crippen molar-refractivity contribution in [3.05, 3.63) is 36.7 Å². The van der Waals surface area contributed by atoms with Crippen molar-refractivity contribution >= 4 is 16.5 Å². The molecular formula is C10H15NO4S. The summed E-state index contributed by atoms with van der Waals surface area (Å²) in [5.41, 5.74) is 1.17. The Morgan fingerprint density at radius 2 is 1.94 bits per heavy atom. The highest BCUT2D eigenvalue weighted by Gasteiger charge is 1.92. The van der Waals surface area contributed by atoms with Gasteiger partial charge < -0.3 is 4.55 Å². The van der Waals surface area contributed by atoms with E-state index in [9.17, 15) is 13.0 Å². The molecule has 1 aromatic rings. The minimum Gasteiger partial charge on any atom is -0.726 e. The molecule has 0 spiro atoms. The molecule has 0 saturated heterocycles. The summed E-state index contributed by atoms with van der Waals surface area (Å²) in [5.74, 6) is 0. The van der Waals surface area contributed by atoms with E-state index >= 15 is 0 Å². The van der Waals surface area contributed by atoms with Gasteiger partial charge in [0.2, 0.25) is 10.4 Å². The van der Waals surface area contributed by atoms with Crippen LogP contribution < -0.4 is 4.57 Å². The van der Waals surface area contributed by atoms with Crippen LogP contribution in [-0.2, 0) is 21.1 Å². The number of pyridine rings is 1. The predicted molar refractivity (Wildman–Crippen MR) is 59.1 cm³/mol. The first-order valence-corrected chi connectivity index (χ1v) is 5.89. The zero-order valence-electron chi connectivity index (χ0n) is 9.29. The topological polar surface area (TPSA) is 70.3 Å². The molecule has 0 bridgehead atoms. The molecule has 0 unspecified atom stereocenters. The maximum absolute atomic E-state index is 9.22. The van der Waals surface area contributed by atoms with Crippen molar-refractivity contribution < 1.29 is 21.7 Å². The highest BCUT2D eigenvalue weighted by Crippen LogP contribution is 1.94. The first-order valence-electron chi connectivity index (χ1n) is 4.56. The third-order valence-corrected chi connectivity index (χ3v) is 2.13. The lowest BCUT2D eigenvalue weighted by atomic mass is 10.3. The van der Waals surface area contributed by atoms with Crippen LogP contribution in [0.1, 0.15) is 12.5 Å². The predicted octanol–water partition coefficient (Wildman–Crippen LogP) is 0.730. The molecule has 0 aliphatic rings. The molecule has 0 amide bonds. The Morgan fingerprint density at radius 3 is 2.19 bits per heavy atom. The van der Waals surface area contributed by atoms with Gasteiger partial charge in [-0.25, -0.2) is 13.0 Å². The van der Waals surface area contributed by atoms with Gasteiger partial charge in [-0.1, -0.05) is 12.7 Å². The van der Waals surface area contributed by atoms with E-state index in [1.165, 1.54) is 5.56 Å². The van der Waals surface area contributed by atoms with Crippen LogP contribution in [0, 0.1) is 0 Å². The number of nitrogens with zero attached hydrogens (tertiary/aromatic N) is 1. The summed E-state index contributed by atoms with van der Waals surface area (Å²) in [7, 11) is -3.60. The van der Waals surface area contributed by atoms with E-state index in [2.05, 4.69) is 46.8 Å². The van der Waals surface area contributed by atoms with Crippen LogP contribution in [0.15, 0.2) is 31.1 Å². The lowest BCUT2D eigenvalue weighted by Crippen LogP contribution is -2.30. The minimum atomic E-state index is -4.41. The average Bonchev–Trinajstić information content (AvgIpc) is 2.29. The van der Waals surface area contributed by atoms with E-state index < -0.39 is 10.4 Å². The van der Waals surface area contributed by atoms with E-state index in [0.717, 1.165) is 13.7 Å². The van der Waals surface area contributed by atoms with Crippen molar-refractivity contribution in [2.75, 3.05) is 7.11 Å². The Kier molecular flexibility index (Phi) is 6.55. The van der Waals surface area contributed by atoms with Gasteiger partial charge in [0, 0.05) is 12.1 Å². The number of rotatable bonds is 3. The average molecular weight is 245 g/mol. The van der Waals surface area contributed by atoms with Crippen LogP contribution >= 0.6 is 0 Å². The molecule has 0 aliphatic heterocycles. The van der Waals surface area contributed by atoms with Crippen LogP contribution in [0.4, 0.5) is 0 Å². The van der Waals surface area contributed by atoms with Gasteiger partial charge in [-0.3, -0.25) is 4.18 Å². The first-order chi connectivity index (χ1) is 7.42. The van der Waals surface area contributed by atoms with Gasteiger partial charge in [-0.2, -0.15) is 0 Å². The Hall–Kier alpha value is -1.24. The lowest BCUT2D eigenvalue weighted by Gasteiger charge is -1.98. The molecule has 0 atom stereocenters. The fourth-order valence-corrected chi connectivity index (χ4v) is 0.816. The van der Waals surface area contributed by atoms with Gasteiger partial charge in [-0.05, 0) is 12.5 Å². The summed E-state index contributed by atoms with van der Waals surface area (Å²) in [5, 5.41) is 0. The van der Waals surface area contributed by atoms with Gasteiger partial charge in [0.1, 0.15) is 6.54 Å². The molecule has 5 nitrogen and oxygen atoms in total. The van der Waals surface area contributed by atoms with Crippen molar-refractivity contribution in [2.24, 2.45) is 0 Å². The molecule has 90 valence electrons. The number of aryl methyl sites for hydroxylation is 1. The normalized spacial score (nSPS) is 10.2. The smallest absolute Gasteiger partial charge is 0.217 e. The fourth-order valence-electron chi connectivity index (χ4n) is 0.816. The zero-order valence-corrected chi connectivity index (χ0v) is 10.1. The Labute approximate surface area is 96.0 Å². The molecule has 1 aromatic heterocycles. The van der Waals surface area contributed by atoms with Gasteiger partial charge >= 0.3 is 0 Å². The Bertz CT molecular complexity index is 411. The van der Waals surface area contributed by atoms with Gasteiger partial charge in [0.05, 0.1) is 7.11 Å². The summed E-state index contributed by atoms with van der Waals surface area (Å²) in [6.45, 7) is 6.82. The second kappa shape index (κ2) is 7.10. The van der Waals surface area contributed by atoms with E-state index in [1.807, 2.05) is 6.08 Å². The molecule has 0 saturated carbocycles. The maximum Gasteiger partial charge on any atom is 0.217 e. The molecule has 1 heterocycles. The van der Waals surface area contributed by atoms with E-state index in [-0.39, 0.29) is 0 Å². The summed E-state index contributed by atoms with van der Waals surface area (Å²) in [6.07, 6.45) is 5.95.